The van der Waals surface area contributed by atoms with Crippen molar-refractivity contribution < 1.29 is 0 Å². The molecule has 4 heteroatoms. The molecule has 1 aliphatic carbocycles. The number of hydrogen-bond donors (Lipinski definition) is 2. The number of hydrogen-bond acceptors (Lipinski definition) is 3. The number of aromatic amines is 1. The summed E-state index contributed by atoms with van der Waals surface area (Å²) in [4.78, 5) is 4.55. The highest BCUT2D eigenvalue weighted by molar-refractivity contribution is 5.21. The zero-order valence-electron chi connectivity index (χ0n) is 12.9. The van der Waals surface area contributed by atoms with Gasteiger partial charge in [0, 0.05) is 36.6 Å². The van der Waals surface area contributed by atoms with Gasteiger partial charge in [-0.05, 0) is 42.4 Å². The van der Waals surface area contributed by atoms with Crippen molar-refractivity contribution in [2.75, 3.05) is 0 Å². The Hall–Kier alpha value is -1.68. The molecule has 2 N–H and O–H groups in total. The fourth-order valence-electron chi connectivity index (χ4n) is 2.94. The Kier molecular flexibility index (Phi) is 4.34. The lowest BCUT2D eigenvalue weighted by Crippen LogP contribution is -2.34. The maximum absolute atomic E-state index is 4.55. The molecule has 2 aromatic heterocycles. The van der Waals surface area contributed by atoms with Gasteiger partial charge in [-0.2, -0.15) is 5.10 Å². The Morgan fingerprint density at radius 2 is 2.24 bits per heavy atom. The van der Waals surface area contributed by atoms with Crippen molar-refractivity contribution in [1.29, 1.82) is 0 Å². The predicted octanol–water partition coefficient (Wildman–Crippen LogP) is 2.65. The summed E-state index contributed by atoms with van der Waals surface area (Å²) in [5, 5.41) is 10.9. The number of aryl methyl sites for hydroxylation is 1. The average Bonchev–Trinajstić information content (AvgIpc) is 2.93. The van der Waals surface area contributed by atoms with E-state index in [0.29, 0.717) is 12.0 Å². The molecule has 0 aliphatic heterocycles. The Bertz CT molecular complexity index is 571. The third-order valence-corrected chi connectivity index (χ3v) is 4.12. The molecule has 2 aromatic rings. The first-order chi connectivity index (χ1) is 10.2. The number of aromatic nitrogens is 3. The summed E-state index contributed by atoms with van der Waals surface area (Å²) < 4.78 is 0. The molecule has 0 bridgehead atoms. The summed E-state index contributed by atoms with van der Waals surface area (Å²) in [6.07, 6.45) is 8.38. The second-order valence-electron chi connectivity index (χ2n) is 6.45. The van der Waals surface area contributed by atoms with Crippen LogP contribution in [0.5, 0.6) is 0 Å². The van der Waals surface area contributed by atoms with Crippen molar-refractivity contribution in [1.82, 2.24) is 20.5 Å². The molecular weight excluding hydrogens is 260 g/mol. The van der Waals surface area contributed by atoms with Crippen LogP contribution in [0.15, 0.2) is 24.5 Å². The minimum absolute atomic E-state index is 0.535. The standard InChI is InChI=1S/C17H24N4/c1-12(2)7-15-5-3-13(9-18-15)10-19-16-6-4-14-11-20-21-17(14)8-16/h3,5,9,11-12,16,19H,4,6-8,10H2,1-2H3,(H,20,21). The molecule has 1 aliphatic rings. The van der Waals surface area contributed by atoms with Crippen LogP contribution in [0.3, 0.4) is 0 Å². The second-order valence-corrected chi connectivity index (χ2v) is 6.45. The lowest BCUT2D eigenvalue weighted by Gasteiger charge is -2.22. The van der Waals surface area contributed by atoms with Crippen molar-refractivity contribution in [3.05, 3.63) is 47.0 Å². The fourth-order valence-corrected chi connectivity index (χ4v) is 2.94. The molecule has 0 aromatic carbocycles. The van der Waals surface area contributed by atoms with Crippen LogP contribution in [0.1, 0.15) is 42.8 Å². The molecule has 4 nitrogen and oxygen atoms in total. The number of rotatable bonds is 5. The van der Waals surface area contributed by atoms with Gasteiger partial charge in [0.15, 0.2) is 0 Å². The zero-order chi connectivity index (χ0) is 14.7. The van der Waals surface area contributed by atoms with Crippen molar-refractivity contribution in [3.63, 3.8) is 0 Å². The number of fused-ring (bicyclic) bond motifs is 1. The second kappa shape index (κ2) is 6.39. The highest BCUT2D eigenvalue weighted by atomic mass is 15.1. The van der Waals surface area contributed by atoms with Crippen molar-refractivity contribution in [2.24, 2.45) is 5.92 Å². The van der Waals surface area contributed by atoms with Gasteiger partial charge in [0.1, 0.15) is 0 Å². The maximum Gasteiger partial charge on any atom is 0.0522 e. The molecule has 0 radical (unpaired) electrons. The van der Waals surface area contributed by atoms with E-state index in [-0.39, 0.29) is 0 Å². The smallest absolute Gasteiger partial charge is 0.0522 e. The first-order valence-corrected chi connectivity index (χ1v) is 7.89. The number of nitrogens with zero attached hydrogens (tertiary/aromatic N) is 2. The molecule has 1 unspecified atom stereocenters. The normalized spacial score (nSPS) is 18.0. The van der Waals surface area contributed by atoms with E-state index >= 15 is 0 Å². The van der Waals surface area contributed by atoms with E-state index in [9.17, 15) is 0 Å². The minimum Gasteiger partial charge on any atom is -0.309 e. The van der Waals surface area contributed by atoms with Gasteiger partial charge >= 0.3 is 0 Å². The number of nitrogens with one attached hydrogen (secondary N) is 2. The largest absolute Gasteiger partial charge is 0.309 e. The van der Waals surface area contributed by atoms with Crippen LogP contribution >= 0.6 is 0 Å². The van der Waals surface area contributed by atoms with Crippen LogP contribution in [0.4, 0.5) is 0 Å². The van der Waals surface area contributed by atoms with Crippen LogP contribution in [-0.4, -0.2) is 21.2 Å². The molecule has 3 rings (SSSR count). The molecule has 0 fully saturated rings. The molecular formula is C17H24N4. The molecule has 112 valence electrons. The third-order valence-electron chi connectivity index (χ3n) is 4.12. The van der Waals surface area contributed by atoms with Crippen LogP contribution in [0, 0.1) is 5.92 Å². The SMILES string of the molecule is CC(C)Cc1ccc(CNC2CCc3cn[nH]c3C2)cn1. The van der Waals surface area contributed by atoms with Crippen molar-refractivity contribution in [2.45, 2.75) is 52.1 Å². The van der Waals surface area contributed by atoms with Gasteiger partial charge in [-0.3, -0.25) is 10.1 Å². The van der Waals surface area contributed by atoms with Crippen molar-refractivity contribution in [3.8, 4) is 0 Å². The predicted molar refractivity (Wildman–Crippen MR) is 84.0 cm³/mol. The maximum atomic E-state index is 4.55. The van der Waals surface area contributed by atoms with Gasteiger partial charge in [-0.15, -0.1) is 0 Å². The Balaban J connectivity index is 1.51. The van der Waals surface area contributed by atoms with Gasteiger partial charge in [0.2, 0.25) is 0 Å². The van der Waals surface area contributed by atoms with E-state index in [0.717, 1.165) is 25.8 Å². The van der Waals surface area contributed by atoms with Gasteiger partial charge in [0.25, 0.3) is 0 Å². The highest BCUT2D eigenvalue weighted by Gasteiger charge is 2.19. The van der Waals surface area contributed by atoms with Crippen LogP contribution < -0.4 is 5.32 Å². The molecule has 0 amide bonds. The molecule has 1 atom stereocenters. The van der Waals surface area contributed by atoms with E-state index in [2.05, 4.69) is 46.5 Å². The molecule has 0 saturated carbocycles. The van der Waals surface area contributed by atoms with E-state index in [1.807, 2.05) is 12.4 Å². The van der Waals surface area contributed by atoms with E-state index < -0.39 is 0 Å². The van der Waals surface area contributed by atoms with E-state index in [1.165, 1.54) is 28.9 Å². The lowest BCUT2D eigenvalue weighted by molar-refractivity contribution is 0.453. The van der Waals surface area contributed by atoms with Gasteiger partial charge < -0.3 is 5.32 Å². The summed E-state index contributed by atoms with van der Waals surface area (Å²) in [5.41, 5.74) is 5.13. The topological polar surface area (TPSA) is 53.6 Å². The first kappa shape index (κ1) is 14.3. The van der Waals surface area contributed by atoms with Gasteiger partial charge in [-0.1, -0.05) is 19.9 Å². The van der Waals surface area contributed by atoms with Crippen LogP contribution in [0.25, 0.3) is 0 Å². The summed E-state index contributed by atoms with van der Waals surface area (Å²) in [6, 6.07) is 4.89. The van der Waals surface area contributed by atoms with Gasteiger partial charge in [0.05, 0.1) is 6.20 Å². The number of pyridine rings is 1. The minimum atomic E-state index is 0.535. The molecule has 21 heavy (non-hydrogen) atoms. The van der Waals surface area contributed by atoms with Crippen molar-refractivity contribution >= 4 is 0 Å². The summed E-state index contributed by atoms with van der Waals surface area (Å²) >= 11 is 0. The third kappa shape index (κ3) is 3.70. The quantitative estimate of drug-likeness (QED) is 0.887. The summed E-state index contributed by atoms with van der Waals surface area (Å²) in [7, 11) is 0. The first-order valence-electron chi connectivity index (χ1n) is 7.89. The zero-order valence-corrected chi connectivity index (χ0v) is 12.9. The highest BCUT2D eigenvalue weighted by Crippen LogP contribution is 2.19. The Morgan fingerprint density at radius 3 is 3.00 bits per heavy atom. The summed E-state index contributed by atoms with van der Waals surface area (Å²) in [5.74, 6) is 0.660. The van der Waals surface area contributed by atoms with Gasteiger partial charge in [-0.25, -0.2) is 0 Å². The molecule has 2 heterocycles. The fraction of sp³-hybridized carbons (Fsp3) is 0.529. The Morgan fingerprint density at radius 1 is 1.33 bits per heavy atom. The van der Waals surface area contributed by atoms with E-state index in [1.54, 1.807) is 0 Å². The molecule has 0 saturated heterocycles. The summed E-state index contributed by atoms with van der Waals surface area (Å²) in [6.45, 7) is 5.34. The van der Waals surface area contributed by atoms with Crippen LogP contribution in [0.2, 0.25) is 0 Å². The lowest BCUT2D eigenvalue weighted by atomic mass is 9.93. The van der Waals surface area contributed by atoms with E-state index in [4.69, 9.17) is 0 Å². The number of H-pyrrole nitrogens is 1. The Labute approximate surface area is 126 Å². The molecule has 0 spiro atoms. The average molecular weight is 284 g/mol. The van der Waals surface area contributed by atoms with Crippen LogP contribution in [-0.2, 0) is 25.8 Å². The monoisotopic (exact) mass is 284 g/mol.